The van der Waals surface area contributed by atoms with E-state index in [0.29, 0.717) is 10.6 Å². The summed E-state index contributed by atoms with van der Waals surface area (Å²) in [7, 11) is 3.42. The third-order valence-corrected chi connectivity index (χ3v) is 3.95. The molecule has 2 amide bonds. The monoisotopic (exact) mass is 359 g/mol. The van der Waals surface area contributed by atoms with Gasteiger partial charge in [-0.15, -0.1) is 0 Å². The largest absolute Gasteiger partial charge is 0.376 e. The molecule has 0 bridgehead atoms. The number of hydrogen-bond donors (Lipinski definition) is 2. The molecule has 1 atom stereocenters. The van der Waals surface area contributed by atoms with Gasteiger partial charge in [-0.3, -0.25) is 9.59 Å². The number of anilines is 1. The minimum atomic E-state index is -0.131. The number of amides is 2. The Morgan fingerprint density at radius 2 is 1.80 bits per heavy atom. The number of benzene rings is 2. The highest BCUT2D eigenvalue weighted by molar-refractivity contribution is 6.30. The lowest BCUT2D eigenvalue weighted by atomic mass is 10.1. The lowest BCUT2D eigenvalue weighted by Gasteiger charge is -2.15. The van der Waals surface area contributed by atoms with Crippen molar-refractivity contribution >= 4 is 29.1 Å². The molecule has 0 aliphatic heterocycles. The molecule has 0 aliphatic rings. The van der Waals surface area contributed by atoms with Crippen molar-refractivity contribution in [3.05, 3.63) is 64.7 Å². The number of nitrogens with zero attached hydrogens (tertiary/aromatic N) is 1. The van der Waals surface area contributed by atoms with Gasteiger partial charge in [0, 0.05) is 30.4 Å². The number of nitrogens with one attached hydrogen (secondary N) is 2. The molecule has 2 aromatic rings. The predicted molar refractivity (Wildman–Crippen MR) is 101 cm³/mol. The zero-order valence-corrected chi connectivity index (χ0v) is 15.3. The van der Waals surface area contributed by atoms with Crippen LogP contribution in [0.5, 0.6) is 0 Å². The predicted octanol–water partition coefficient (Wildman–Crippen LogP) is 3.33. The van der Waals surface area contributed by atoms with Gasteiger partial charge in [0.1, 0.15) is 0 Å². The van der Waals surface area contributed by atoms with E-state index in [1.807, 2.05) is 25.1 Å². The highest BCUT2D eigenvalue weighted by atomic mass is 35.5. The number of hydrogen-bond acceptors (Lipinski definition) is 3. The molecule has 0 saturated heterocycles. The first kappa shape index (κ1) is 18.8. The Labute approximate surface area is 153 Å². The Hall–Kier alpha value is -2.53. The van der Waals surface area contributed by atoms with Crippen molar-refractivity contribution in [1.29, 1.82) is 0 Å². The quantitative estimate of drug-likeness (QED) is 0.831. The van der Waals surface area contributed by atoms with Gasteiger partial charge in [-0.25, -0.2) is 0 Å². The van der Waals surface area contributed by atoms with Crippen LogP contribution in [0.1, 0.15) is 28.9 Å². The van der Waals surface area contributed by atoms with E-state index in [2.05, 4.69) is 10.6 Å². The maximum Gasteiger partial charge on any atom is 0.253 e. The minimum absolute atomic E-state index is 0.0559. The van der Waals surface area contributed by atoms with Gasteiger partial charge in [0.15, 0.2) is 0 Å². The molecular formula is C19H22ClN3O2. The second-order valence-electron chi connectivity index (χ2n) is 5.97. The summed E-state index contributed by atoms with van der Waals surface area (Å²) in [4.78, 5) is 25.4. The van der Waals surface area contributed by atoms with E-state index >= 15 is 0 Å². The maximum absolute atomic E-state index is 12.1. The molecule has 132 valence electrons. The van der Waals surface area contributed by atoms with Crippen molar-refractivity contribution < 1.29 is 9.59 Å². The average molecular weight is 360 g/mol. The molecule has 0 unspecified atom stereocenters. The molecule has 0 saturated carbocycles. The molecule has 0 aromatic heterocycles. The smallest absolute Gasteiger partial charge is 0.253 e. The molecule has 0 spiro atoms. The number of carbonyl (C=O) groups excluding carboxylic acids is 2. The summed E-state index contributed by atoms with van der Waals surface area (Å²) in [5.41, 5.74) is 2.34. The number of halogens is 1. The first-order valence-electron chi connectivity index (χ1n) is 7.97. The van der Waals surface area contributed by atoms with E-state index in [1.165, 1.54) is 4.90 Å². The van der Waals surface area contributed by atoms with Crippen molar-refractivity contribution in [1.82, 2.24) is 10.2 Å². The van der Waals surface area contributed by atoms with Gasteiger partial charge in [-0.2, -0.15) is 0 Å². The van der Waals surface area contributed by atoms with Gasteiger partial charge >= 0.3 is 0 Å². The lowest BCUT2D eigenvalue weighted by Crippen LogP contribution is -2.32. The second kappa shape index (κ2) is 8.53. The van der Waals surface area contributed by atoms with Gasteiger partial charge in [-0.1, -0.05) is 23.7 Å². The molecule has 0 heterocycles. The highest BCUT2D eigenvalue weighted by Crippen LogP contribution is 2.17. The van der Waals surface area contributed by atoms with Crippen LogP contribution >= 0.6 is 11.6 Å². The molecule has 25 heavy (non-hydrogen) atoms. The van der Waals surface area contributed by atoms with Gasteiger partial charge in [-0.05, 0) is 48.9 Å². The van der Waals surface area contributed by atoms with E-state index < -0.39 is 0 Å². The molecule has 5 nitrogen and oxygen atoms in total. The molecule has 0 radical (unpaired) electrons. The number of carbonyl (C=O) groups is 2. The molecule has 2 N–H and O–H groups in total. The third kappa shape index (κ3) is 5.50. The second-order valence-corrected chi connectivity index (χ2v) is 6.41. The Morgan fingerprint density at radius 3 is 2.40 bits per heavy atom. The summed E-state index contributed by atoms with van der Waals surface area (Å²) in [6.07, 6.45) is 0. The van der Waals surface area contributed by atoms with Crippen molar-refractivity contribution in [3.8, 4) is 0 Å². The fourth-order valence-electron chi connectivity index (χ4n) is 2.32. The first-order chi connectivity index (χ1) is 11.9. The van der Waals surface area contributed by atoms with Gasteiger partial charge in [0.2, 0.25) is 5.91 Å². The summed E-state index contributed by atoms with van der Waals surface area (Å²) >= 11 is 5.97. The van der Waals surface area contributed by atoms with Crippen LogP contribution in [0.15, 0.2) is 48.5 Å². The summed E-state index contributed by atoms with van der Waals surface area (Å²) in [6, 6.07) is 14.3. The highest BCUT2D eigenvalue weighted by Gasteiger charge is 2.10. The minimum Gasteiger partial charge on any atom is -0.376 e. The van der Waals surface area contributed by atoms with Crippen LogP contribution in [0, 0.1) is 0 Å². The molecule has 0 aliphatic carbocycles. The topological polar surface area (TPSA) is 61.4 Å². The Bertz CT molecular complexity index is 745. The normalized spacial score (nSPS) is 11.5. The first-order valence-corrected chi connectivity index (χ1v) is 8.35. The number of rotatable bonds is 6. The van der Waals surface area contributed by atoms with Gasteiger partial charge in [0.05, 0.1) is 12.6 Å². The van der Waals surface area contributed by atoms with Crippen LogP contribution in [0.2, 0.25) is 5.02 Å². The standard InChI is InChI=1S/C19H22ClN3O2/c1-13(15-5-4-6-16(20)11-15)22-18(24)12-21-17-9-7-14(8-10-17)19(25)23(2)3/h4-11,13,21H,12H2,1-3H3,(H,22,24)/t13-/m0/s1. The summed E-state index contributed by atoms with van der Waals surface area (Å²) in [6.45, 7) is 2.05. The van der Waals surface area contributed by atoms with Crippen LogP contribution in [0.25, 0.3) is 0 Å². The Balaban J connectivity index is 1.86. The summed E-state index contributed by atoms with van der Waals surface area (Å²) in [5.74, 6) is -0.180. The van der Waals surface area contributed by atoms with Crippen LogP contribution in [-0.2, 0) is 4.79 Å². The fourth-order valence-corrected chi connectivity index (χ4v) is 2.52. The average Bonchev–Trinajstić information content (AvgIpc) is 2.59. The van der Waals surface area contributed by atoms with E-state index in [0.717, 1.165) is 11.3 Å². The fraction of sp³-hybridized carbons (Fsp3) is 0.263. The van der Waals surface area contributed by atoms with Crippen molar-refractivity contribution in [2.75, 3.05) is 26.0 Å². The Kier molecular flexibility index (Phi) is 6.42. The maximum atomic E-state index is 12.1. The van der Waals surface area contributed by atoms with Gasteiger partial charge < -0.3 is 15.5 Å². The van der Waals surface area contributed by atoms with Crippen LogP contribution in [0.3, 0.4) is 0 Å². The SMILES string of the molecule is C[C@H](NC(=O)CNc1ccc(C(=O)N(C)C)cc1)c1cccc(Cl)c1. The lowest BCUT2D eigenvalue weighted by molar-refractivity contribution is -0.120. The zero-order valence-electron chi connectivity index (χ0n) is 14.5. The van der Waals surface area contributed by atoms with E-state index in [-0.39, 0.29) is 24.4 Å². The zero-order chi connectivity index (χ0) is 18.4. The van der Waals surface area contributed by atoms with Crippen LogP contribution in [-0.4, -0.2) is 37.4 Å². The molecular weight excluding hydrogens is 338 g/mol. The Morgan fingerprint density at radius 1 is 1.12 bits per heavy atom. The summed E-state index contributed by atoms with van der Waals surface area (Å²) in [5, 5.41) is 6.60. The van der Waals surface area contributed by atoms with Crippen molar-refractivity contribution in [2.45, 2.75) is 13.0 Å². The van der Waals surface area contributed by atoms with Crippen molar-refractivity contribution in [3.63, 3.8) is 0 Å². The molecule has 6 heteroatoms. The van der Waals surface area contributed by atoms with Gasteiger partial charge in [0.25, 0.3) is 5.91 Å². The van der Waals surface area contributed by atoms with Crippen LogP contribution < -0.4 is 10.6 Å². The summed E-state index contributed by atoms with van der Waals surface area (Å²) < 4.78 is 0. The third-order valence-electron chi connectivity index (χ3n) is 3.72. The van der Waals surface area contributed by atoms with E-state index in [4.69, 9.17) is 11.6 Å². The van der Waals surface area contributed by atoms with E-state index in [1.54, 1.807) is 44.4 Å². The molecule has 2 aromatic carbocycles. The van der Waals surface area contributed by atoms with E-state index in [9.17, 15) is 9.59 Å². The molecule has 0 fully saturated rings. The molecule has 2 rings (SSSR count). The van der Waals surface area contributed by atoms with Crippen LogP contribution in [0.4, 0.5) is 5.69 Å². The van der Waals surface area contributed by atoms with Crippen molar-refractivity contribution in [2.24, 2.45) is 0 Å².